The Morgan fingerprint density at radius 1 is 1.60 bits per heavy atom. The van der Waals surface area contributed by atoms with Crippen molar-refractivity contribution in [3.8, 4) is 0 Å². The fourth-order valence-corrected chi connectivity index (χ4v) is 1.48. The van der Waals surface area contributed by atoms with Crippen LogP contribution in [0.2, 0.25) is 0 Å². The number of rotatable bonds is 5. The number of alkyl carbamates (subject to hydrolysis) is 1. The van der Waals surface area contributed by atoms with Gasteiger partial charge in [0.25, 0.3) is 0 Å². The van der Waals surface area contributed by atoms with Crippen LogP contribution in [0.1, 0.15) is 6.92 Å². The van der Waals surface area contributed by atoms with Crippen LogP contribution >= 0.6 is 23.4 Å². The highest BCUT2D eigenvalue weighted by Crippen LogP contribution is 2.32. The van der Waals surface area contributed by atoms with Crippen LogP contribution in [-0.2, 0) is 4.74 Å². The predicted octanol–water partition coefficient (Wildman–Crippen LogP) is 2.59. The lowest BCUT2D eigenvalue weighted by molar-refractivity contribution is -0.113. The molecular weight excluding hydrogens is 255 g/mol. The molecule has 0 aliphatic carbocycles. The smallest absolute Gasteiger partial charge is 0.413 e. The van der Waals surface area contributed by atoms with Crippen LogP contribution in [0.25, 0.3) is 0 Å². The Bertz CT molecular complexity index is 203. The van der Waals surface area contributed by atoms with Gasteiger partial charge in [0.2, 0.25) is 0 Å². The molecule has 0 rings (SSSR count). The van der Waals surface area contributed by atoms with Gasteiger partial charge in [0.1, 0.15) is 0 Å². The second-order valence-electron chi connectivity index (χ2n) is 2.38. The number of ether oxygens (including phenoxy) is 1. The predicted molar refractivity (Wildman–Crippen MR) is 53.2 cm³/mol. The molecule has 0 saturated heterocycles. The molecule has 0 aromatic rings. The maximum atomic E-state index is 11.9. The average molecular weight is 266 g/mol. The number of carbonyl (C=O) groups excluding carboxylic acids is 1. The van der Waals surface area contributed by atoms with E-state index in [1.165, 1.54) is 0 Å². The summed E-state index contributed by atoms with van der Waals surface area (Å²) in [7, 11) is 0. The van der Waals surface area contributed by atoms with E-state index in [1.807, 2.05) is 0 Å². The van der Waals surface area contributed by atoms with E-state index in [0.29, 0.717) is 11.8 Å². The minimum atomic E-state index is -4.42. The molecule has 0 radical (unpaired) electrons. The minimum absolute atomic E-state index is 0.0759. The lowest BCUT2D eigenvalue weighted by Crippen LogP contribution is -2.28. The molecule has 1 N–H and O–H groups in total. The molecule has 1 atom stereocenters. The molecule has 0 heterocycles. The molecule has 1 unspecified atom stereocenters. The Morgan fingerprint density at radius 3 is 2.67 bits per heavy atom. The molecule has 3 nitrogen and oxygen atoms in total. The van der Waals surface area contributed by atoms with Gasteiger partial charge >= 0.3 is 12.3 Å². The van der Waals surface area contributed by atoms with Gasteiger partial charge < -0.3 is 10.1 Å². The highest BCUT2D eigenvalue weighted by molar-refractivity contribution is 8.01. The van der Waals surface area contributed by atoms with Crippen LogP contribution in [0.15, 0.2) is 0 Å². The zero-order chi connectivity index (χ0) is 11.9. The van der Waals surface area contributed by atoms with Gasteiger partial charge in [-0.15, -0.1) is 23.4 Å². The van der Waals surface area contributed by atoms with Crippen LogP contribution in [-0.4, -0.2) is 35.9 Å². The van der Waals surface area contributed by atoms with Gasteiger partial charge in [-0.1, -0.05) is 0 Å². The molecule has 0 aliphatic heterocycles. The van der Waals surface area contributed by atoms with Crippen LogP contribution in [0.3, 0.4) is 0 Å². The fraction of sp³-hybridized carbons (Fsp3) is 0.857. The van der Waals surface area contributed by atoms with E-state index in [4.69, 9.17) is 11.6 Å². The number of alkyl halides is 4. The van der Waals surface area contributed by atoms with Gasteiger partial charge in [-0.3, -0.25) is 0 Å². The third kappa shape index (κ3) is 7.61. The molecule has 0 saturated carbocycles. The molecule has 0 spiro atoms. The second kappa shape index (κ2) is 7.05. The summed E-state index contributed by atoms with van der Waals surface area (Å²) < 4.78 is 38.2. The normalized spacial score (nSPS) is 13.4. The van der Waals surface area contributed by atoms with Crippen molar-refractivity contribution in [1.29, 1.82) is 0 Å². The maximum Gasteiger partial charge on any atom is 0.413 e. The number of hydrogen-bond acceptors (Lipinski definition) is 3. The van der Waals surface area contributed by atoms with Crippen LogP contribution in [0.4, 0.5) is 18.0 Å². The third-order valence-corrected chi connectivity index (χ3v) is 2.79. The lowest BCUT2D eigenvalue weighted by atomic mass is 10.7. The lowest BCUT2D eigenvalue weighted by Gasteiger charge is -2.12. The fourth-order valence-electron chi connectivity index (χ4n) is 0.592. The molecule has 0 aromatic carbocycles. The van der Waals surface area contributed by atoms with Crippen molar-refractivity contribution in [2.24, 2.45) is 0 Å². The van der Waals surface area contributed by atoms with Gasteiger partial charge in [0.05, 0.1) is 6.61 Å². The summed E-state index contributed by atoms with van der Waals surface area (Å²) in [6.07, 6.45) is -5.06. The van der Waals surface area contributed by atoms with E-state index in [0.717, 1.165) is 0 Å². The standard InChI is InChI=1S/C7H11ClF3NO2S/c1-2-14-6(13)12-3-4-15-5(8)7(9,10)11/h5H,2-4H2,1H3,(H,12,13). The third-order valence-electron chi connectivity index (χ3n) is 1.17. The molecule has 0 fully saturated rings. The zero-order valence-electron chi connectivity index (χ0n) is 7.94. The molecule has 15 heavy (non-hydrogen) atoms. The van der Waals surface area contributed by atoms with Crippen molar-refractivity contribution < 1.29 is 22.7 Å². The van der Waals surface area contributed by atoms with Gasteiger partial charge in [-0.25, -0.2) is 4.79 Å². The summed E-state index contributed by atoms with van der Waals surface area (Å²) in [5.74, 6) is 0.0759. The first-order chi connectivity index (χ1) is 6.88. The second-order valence-corrected chi connectivity index (χ2v) is 4.28. The summed E-state index contributed by atoms with van der Waals surface area (Å²) in [5, 5.41) is 2.28. The van der Waals surface area contributed by atoms with Crippen molar-refractivity contribution in [2.75, 3.05) is 18.9 Å². The number of thioether (sulfide) groups is 1. The Morgan fingerprint density at radius 2 is 2.20 bits per heavy atom. The van der Waals surface area contributed by atoms with Crippen molar-refractivity contribution in [1.82, 2.24) is 5.32 Å². The Hall–Kier alpha value is -0.300. The summed E-state index contributed by atoms with van der Waals surface area (Å²) in [6.45, 7) is 1.94. The van der Waals surface area contributed by atoms with Crippen molar-refractivity contribution in [3.63, 3.8) is 0 Å². The zero-order valence-corrected chi connectivity index (χ0v) is 9.51. The van der Waals surface area contributed by atoms with Gasteiger partial charge in [0.15, 0.2) is 4.71 Å². The Balaban J connectivity index is 3.51. The van der Waals surface area contributed by atoms with Crippen LogP contribution in [0.5, 0.6) is 0 Å². The molecule has 8 heteroatoms. The van der Waals surface area contributed by atoms with Crippen molar-refractivity contribution in [3.05, 3.63) is 0 Å². The largest absolute Gasteiger partial charge is 0.450 e. The molecular formula is C7H11ClF3NO2S. The monoisotopic (exact) mass is 265 g/mol. The molecule has 1 amide bonds. The minimum Gasteiger partial charge on any atom is -0.450 e. The maximum absolute atomic E-state index is 11.9. The topological polar surface area (TPSA) is 38.3 Å². The first-order valence-electron chi connectivity index (χ1n) is 4.11. The van der Waals surface area contributed by atoms with E-state index in [1.54, 1.807) is 6.92 Å². The summed E-state index contributed by atoms with van der Waals surface area (Å²) in [6, 6.07) is 0. The van der Waals surface area contributed by atoms with E-state index in [9.17, 15) is 18.0 Å². The van der Waals surface area contributed by atoms with E-state index < -0.39 is 17.0 Å². The number of hydrogen-bond donors (Lipinski definition) is 1. The molecule has 0 bridgehead atoms. The highest BCUT2D eigenvalue weighted by Gasteiger charge is 2.38. The van der Waals surface area contributed by atoms with E-state index in [-0.39, 0.29) is 18.9 Å². The van der Waals surface area contributed by atoms with Gasteiger partial charge in [-0.2, -0.15) is 13.2 Å². The molecule has 0 aliphatic rings. The van der Waals surface area contributed by atoms with Crippen LogP contribution < -0.4 is 5.32 Å². The van der Waals surface area contributed by atoms with Crippen molar-refractivity contribution >= 4 is 29.5 Å². The summed E-state index contributed by atoms with van der Waals surface area (Å²) >= 11 is 5.54. The highest BCUT2D eigenvalue weighted by atomic mass is 35.5. The Kier molecular flexibility index (Phi) is 6.91. The van der Waals surface area contributed by atoms with Gasteiger partial charge in [-0.05, 0) is 6.92 Å². The molecule has 90 valence electrons. The van der Waals surface area contributed by atoms with E-state index in [2.05, 4.69) is 10.1 Å². The number of nitrogens with one attached hydrogen (secondary N) is 1. The summed E-state index contributed by atoms with van der Waals surface area (Å²) in [4.78, 5) is 10.7. The quantitative estimate of drug-likeness (QED) is 0.613. The SMILES string of the molecule is CCOC(=O)NCCSC(Cl)C(F)(F)F. The number of amides is 1. The van der Waals surface area contributed by atoms with E-state index >= 15 is 0 Å². The Labute approximate surface area is 94.7 Å². The number of carbonyl (C=O) groups is 1. The first kappa shape index (κ1) is 14.7. The first-order valence-corrected chi connectivity index (χ1v) is 5.59. The molecule has 0 aromatic heterocycles. The van der Waals surface area contributed by atoms with Crippen LogP contribution in [0, 0.1) is 0 Å². The van der Waals surface area contributed by atoms with Gasteiger partial charge in [0, 0.05) is 12.3 Å². The summed E-state index contributed by atoms with van der Waals surface area (Å²) in [5.41, 5.74) is 0. The average Bonchev–Trinajstić information content (AvgIpc) is 2.11. The van der Waals surface area contributed by atoms with Crippen molar-refractivity contribution in [2.45, 2.75) is 17.8 Å². The number of halogens is 4.